The first kappa shape index (κ1) is 27.1. The van der Waals surface area contributed by atoms with E-state index in [-0.39, 0.29) is 11.3 Å². The number of rotatable bonds is 9. The smallest absolute Gasteiger partial charge is 0.295 e. The van der Waals surface area contributed by atoms with E-state index in [1.165, 1.54) is 0 Å². The first-order chi connectivity index (χ1) is 19.3. The van der Waals surface area contributed by atoms with Crippen LogP contribution in [-0.2, 0) is 16.2 Å². The molecule has 0 radical (unpaired) electrons. The quantitative estimate of drug-likeness (QED) is 0.185. The van der Waals surface area contributed by atoms with Gasteiger partial charge in [-0.25, -0.2) is 4.98 Å². The molecule has 4 aromatic rings. The number of fused-ring (bicyclic) bond motifs is 1. The van der Waals surface area contributed by atoms with Gasteiger partial charge in [-0.1, -0.05) is 48.5 Å². The molecule has 1 amide bonds. The van der Waals surface area contributed by atoms with E-state index in [2.05, 4.69) is 4.98 Å². The number of benzene rings is 2. The molecule has 40 heavy (non-hydrogen) atoms. The maximum atomic E-state index is 13.5. The molecule has 0 bridgehead atoms. The van der Waals surface area contributed by atoms with Crippen molar-refractivity contribution in [2.45, 2.75) is 32.9 Å². The largest absolute Gasteiger partial charge is 0.505 e. The van der Waals surface area contributed by atoms with Crippen LogP contribution in [0, 0.1) is 13.8 Å². The number of amides is 1. The van der Waals surface area contributed by atoms with Crippen LogP contribution in [0.1, 0.15) is 40.5 Å². The fourth-order valence-electron chi connectivity index (χ4n) is 5.20. The van der Waals surface area contributed by atoms with Crippen molar-refractivity contribution in [2.75, 3.05) is 27.2 Å². The number of ether oxygens (including phenoxy) is 1. The molecule has 3 heterocycles. The maximum Gasteiger partial charge on any atom is 0.295 e. The molecule has 8 nitrogen and oxygen atoms in total. The number of carbonyl (C=O) groups is 2. The third-order valence-corrected chi connectivity index (χ3v) is 7.27. The number of pyridine rings is 1. The number of imidazole rings is 1. The summed E-state index contributed by atoms with van der Waals surface area (Å²) in [6.07, 6.45) is 2.54. The van der Waals surface area contributed by atoms with Crippen LogP contribution in [0.3, 0.4) is 0 Å². The van der Waals surface area contributed by atoms with E-state index in [9.17, 15) is 14.7 Å². The molecular formula is C32H34N4O4. The van der Waals surface area contributed by atoms with E-state index in [0.717, 1.165) is 17.7 Å². The van der Waals surface area contributed by atoms with Crippen molar-refractivity contribution < 1.29 is 19.4 Å². The molecule has 1 aliphatic heterocycles. The van der Waals surface area contributed by atoms with Gasteiger partial charge in [0, 0.05) is 12.7 Å². The van der Waals surface area contributed by atoms with E-state index in [1.54, 1.807) is 4.90 Å². The van der Waals surface area contributed by atoms with Gasteiger partial charge in [0.05, 0.1) is 17.3 Å². The van der Waals surface area contributed by atoms with E-state index in [1.807, 2.05) is 110 Å². The Morgan fingerprint density at radius 2 is 1.80 bits per heavy atom. The van der Waals surface area contributed by atoms with E-state index >= 15 is 0 Å². The molecule has 2 aromatic carbocycles. The maximum absolute atomic E-state index is 13.5. The van der Waals surface area contributed by atoms with Gasteiger partial charge < -0.3 is 24.0 Å². The van der Waals surface area contributed by atoms with Crippen LogP contribution in [0.4, 0.5) is 0 Å². The normalized spacial score (nSPS) is 16.8. The summed E-state index contributed by atoms with van der Waals surface area (Å²) in [6, 6.07) is 20.3. The standard InChI is InChI=1S/C32H34N4O4/c1-21-11-9-17-35-22(2)27(33-31(21)35)29(37)26-28(36(32(39)30(26)38)18-10-16-34(3)4)24-14-8-15-25(19-24)40-20-23-12-6-5-7-13-23/h5-9,11-15,17,19,28,37H,10,16,18,20H2,1-4H3. The molecule has 1 saturated heterocycles. The molecule has 1 unspecified atom stereocenters. The second-order valence-corrected chi connectivity index (χ2v) is 10.4. The third-order valence-electron chi connectivity index (χ3n) is 7.27. The van der Waals surface area contributed by atoms with Gasteiger partial charge in [0.25, 0.3) is 11.7 Å². The highest BCUT2D eigenvalue weighted by atomic mass is 16.5. The molecule has 1 atom stereocenters. The van der Waals surface area contributed by atoms with Crippen molar-refractivity contribution >= 4 is 23.1 Å². The third kappa shape index (κ3) is 5.22. The lowest BCUT2D eigenvalue weighted by molar-refractivity contribution is -0.139. The van der Waals surface area contributed by atoms with Crippen molar-refractivity contribution in [3.8, 4) is 5.75 Å². The summed E-state index contributed by atoms with van der Waals surface area (Å²) in [4.78, 5) is 35.2. The lowest BCUT2D eigenvalue weighted by atomic mass is 9.96. The summed E-state index contributed by atoms with van der Waals surface area (Å²) in [5.74, 6) is -0.996. The molecule has 1 N–H and O–H groups in total. The van der Waals surface area contributed by atoms with Crippen LogP contribution in [0.5, 0.6) is 5.75 Å². The van der Waals surface area contributed by atoms with Gasteiger partial charge >= 0.3 is 0 Å². The highest BCUT2D eigenvalue weighted by molar-refractivity contribution is 6.46. The van der Waals surface area contributed by atoms with Gasteiger partial charge in [-0.2, -0.15) is 0 Å². The van der Waals surface area contributed by atoms with Gasteiger partial charge in [0.15, 0.2) is 5.76 Å². The minimum atomic E-state index is -0.771. The average Bonchev–Trinajstić information content (AvgIpc) is 3.42. The number of aliphatic hydroxyl groups excluding tert-OH is 1. The van der Waals surface area contributed by atoms with Crippen molar-refractivity contribution in [3.05, 3.63) is 107 Å². The Kier molecular flexibility index (Phi) is 7.71. The van der Waals surface area contributed by atoms with E-state index in [4.69, 9.17) is 4.74 Å². The Morgan fingerprint density at radius 1 is 1.02 bits per heavy atom. The average molecular weight is 539 g/mol. The number of Topliss-reactive ketones (excluding diaryl/α,β-unsaturated/α-hetero) is 1. The molecule has 8 heteroatoms. The SMILES string of the molecule is Cc1cccn2c(C)c(C(O)=C3C(=O)C(=O)N(CCCN(C)C)C3c3cccc(OCc4ccccc4)c3)nc12. The first-order valence-corrected chi connectivity index (χ1v) is 13.4. The van der Waals surface area contributed by atoms with Crippen LogP contribution in [-0.4, -0.2) is 63.2 Å². The molecular weight excluding hydrogens is 504 g/mol. The lowest BCUT2D eigenvalue weighted by Crippen LogP contribution is -2.32. The zero-order valence-electron chi connectivity index (χ0n) is 23.3. The number of aliphatic hydroxyl groups is 1. The first-order valence-electron chi connectivity index (χ1n) is 13.4. The highest BCUT2D eigenvalue weighted by Crippen LogP contribution is 2.40. The zero-order chi connectivity index (χ0) is 28.4. The topological polar surface area (TPSA) is 87.4 Å². The minimum Gasteiger partial charge on any atom is -0.505 e. The van der Waals surface area contributed by atoms with Crippen LogP contribution < -0.4 is 4.74 Å². The molecule has 2 aromatic heterocycles. The molecule has 1 fully saturated rings. The van der Waals surface area contributed by atoms with Crippen LogP contribution in [0.15, 0.2) is 78.5 Å². The van der Waals surface area contributed by atoms with Crippen LogP contribution >= 0.6 is 0 Å². The Balaban J connectivity index is 1.58. The number of hydrogen-bond donors (Lipinski definition) is 1. The summed E-state index contributed by atoms with van der Waals surface area (Å²) in [6.45, 7) is 5.28. The monoisotopic (exact) mass is 538 g/mol. The predicted octanol–water partition coefficient (Wildman–Crippen LogP) is 4.90. The molecule has 5 rings (SSSR count). The summed E-state index contributed by atoms with van der Waals surface area (Å²) >= 11 is 0. The number of nitrogens with zero attached hydrogens (tertiary/aromatic N) is 4. The zero-order valence-corrected chi connectivity index (χ0v) is 23.3. The Hall–Kier alpha value is -4.43. The van der Waals surface area contributed by atoms with Crippen LogP contribution in [0.2, 0.25) is 0 Å². The molecule has 206 valence electrons. The fourth-order valence-corrected chi connectivity index (χ4v) is 5.20. The van der Waals surface area contributed by atoms with Crippen LogP contribution in [0.25, 0.3) is 11.4 Å². The molecule has 0 spiro atoms. The molecule has 0 saturated carbocycles. The predicted molar refractivity (Wildman–Crippen MR) is 154 cm³/mol. The number of carbonyl (C=O) groups excluding carboxylic acids is 2. The minimum absolute atomic E-state index is 0.0409. The Labute approximate surface area is 234 Å². The highest BCUT2D eigenvalue weighted by Gasteiger charge is 2.46. The number of aromatic nitrogens is 2. The Bertz CT molecular complexity index is 1590. The number of likely N-dealkylation sites (tertiary alicyclic amines) is 1. The van der Waals surface area contributed by atoms with Gasteiger partial charge in [-0.3, -0.25) is 9.59 Å². The number of aryl methyl sites for hydroxylation is 2. The van der Waals surface area contributed by atoms with Gasteiger partial charge in [0.2, 0.25) is 0 Å². The van der Waals surface area contributed by atoms with Crippen molar-refractivity contribution in [1.82, 2.24) is 19.2 Å². The van der Waals surface area contributed by atoms with E-state index < -0.39 is 17.7 Å². The fraction of sp³-hybridized carbons (Fsp3) is 0.281. The van der Waals surface area contributed by atoms with Crippen molar-refractivity contribution in [1.29, 1.82) is 0 Å². The van der Waals surface area contributed by atoms with E-state index in [0.29, 0.717) is 47.9 Å². The summed E-state index contributed by atoms with van der Waals surface area (Å²) in [5.41, 5.74) is 4.37. The molecule has 0 aliphatic carbocycles. The van der Waals surface area contributed by atoms with Crippen molar-refractivity contribution in [3.63, 3.8) is 0 Å². The van der Waals surface area contributed by atoms with Gasteiger partial charge in [0.1, 0.15) is 23.7 Å². The number of hydrogen-bond acceptors (Lipinski definition) is 6. The number of ketones is 1. The summed E-state index contributed by atoms with van der Waals surface area (Å²) < 4.78 is 7.94. The Morgan fingerprint density at radius 3 is 2.52 bits per heavy atom. The second kappa shape index (κ2) is 11.4. The molecule has 1 aliphatic rings. The van der Waals surface area contributed by atoms with Gasteiger partial charge in [-0.05, 0) is 75.8 Å². The lowest BCUT2D eigenvalue weighted by Gasteiger charge is -2.26. The second-order valence-electron chi connectivity index (χ2n) is 10.4. The van der Waals surface area contributed by atoms with Gasteiger partial charge in [-0.15, -0.1) is 0 Å². The summed E-state index contributed by atoms with van der Waals surface area (Å²) in [5, 5.41) is 11.6. The summed E-state index contributed by atoms with van der Waals surface area (Å²) in [7, 11) is 3.93. The van der Waals surface area contributed by atoms with Crippen molar-refractivity contribution in [2.24, 2.45) is 0 Å².